The molecule has 0 fully saturated rings. The van der Waals surface area contributed by atoms with E-state index >= 15 is 0 Å². The van der Waals surface area contributed by atoms with Gasteiger partial charge in [-0.25, -0.2) is 4.68 Å². The number of para-hydroxylation sites is 1. The van der Waals surface area contributed by atoms with Gasteiger partial charge in [-0.1, -0.05) is 48.5 Å². The van der Waals surface area contributed by atoms with Crippen LogP contribution in [0.5, 0.6) is 0 Å². The predicted octanol–water partition coefficient (Wildman–Crippen LogP) is 4.27. The Labute approximate surface area is 128 Å². The van der Waals surface area contributed by atoms with E-state index in [1.165, 1.54) is 0 Å². The number of nitrogens with two attached hydrogens (primary N) is 1. The standard InChI is InChI=1S/C19H15N3/c20-15-11-12-18-17(13-15)19(14-7-3-1-4-8-14)21-22(18)16-9-5-2-6-10-16/h1-13H,20H2. The van der Waals surface area contributed by atoms with Gasteiger partial charge in [-0.3, -0.25) is 0 Å². The molecule has 1 heterocycles. The molecule has 4 aromatic rings. The maximum absolute atomic E-state index is 5.98. The van der Waals surface area contributed by atoms with E-state index in [1.54, 1.807) is 0 Å². The molecule has 0 spiro atoms. The number of hydrogen-bond acceptors (Lipinski definition) is 2. The molecule has 0 atom stereocenters. The normalized spacial score (nSPS) is 10.9. The van der Waals surface area contributed by atoms with E-state index in [2.05, 4.69) is 24.3 Å². The number of fused-ring (bicyclic) bond motifs is 1. The van der Waals surface area contributed by atoms with Gasteiger partial charge in [0.25, 0.3) is 0 Å². The van der Waals surface area contributed by atoms with Crippen LogP contribution in [-0.2, 0) is 0 Å². The number of hydrogen-bond donors (Lipinski definition) is 1. The van der Waals surface area contributed by atoms with Gasteiger partial charge < -0.3 is 5.73 Å². The minimum absolute atomic E-state index is 0.747. The third-order valence-corrected chi connectivity index (χ3v) is 3.75. The first-order chi connectivity index (χ1) is 10.8. The third-order valence-electron chi connectivity index (χ3n) is 3.75. The highest BCUT2D eigenvalue weighted by molar-refractivity contribution is 5.96. The fraction of sp³-hybridized carbons (Fsp3) is 0. The van der Waals surface area contributed by atoms with Crippen molar-refractivity contribution >= 4 is 16.6 Å². The third kappa shape index (κ3) is 2.04. The van der Waals surface area contributed by atoms with Crippen molar-refractivity contribution in [2.24, 2.45) is 0 Å². The summed E-state index contributed by atoms with van der Waals surface area (Å²) in [6.45, 7) is 0. The van der Waals surface area contributed by atoms with Crippen LogP contribution in [0, 0.1) is 0 Å². The maximum atomic E-state index is 5.98. The molecule has 0 unspecified atom stereocenters. The van der Waals surface area contributed by atoms with Gasteiger partial charge in [-0.15, -0.1) is 0 Å². The fourth-order valence-electron chi connectivity index (χ4n) is 2.71. The number of aromatic nitrogens is 2. The Hall–Kier alpha value is -3.07. The Kier molecular flexibility index (Phi) is 2.90. The molecule has 3 nitrogen and oxygen atoms in total. The molecule has 0 radical (unpaired) electrons. The highest BCUT2D eigenvalue weighted by Gasteiger charge is 2.13. The van der Waals surface area contributed by atoms with Crippen molar-refractivity contribution in [1.29, 1.82) is 0 Å². The van der Waals surface area contributed by atoms with Gasteiger partial charge in [-0.05, 0) is 30.3 Å². The highest BCUT2D eigenvalue weighted by Crippen LogP contribution is 2.31. The van der Waals surface area contributed by atoms with Crippen molar-refractivity contribution < 1.29 is 0 Å². The van der Waals surface area contributed by atoms with Crippen LogP contribution in [0.4, 0.5) is 5.69 Å². The molecule has 0 bridgehead atoms. The Balaban J connectivity index is 2.04. The van der Waals surface area contributed by atoms with E-state index in [1.807, 2.05) is 59.3 Å². The predicted molar refractivity (Wildman–Crippen MR) is 90.9 cm³/mol. The molecule has 0 amide bonds. The van der Waals surface area contributed by atoms with E-state index < -0.39 is 0 Å². The molecule has 106 valence electrons. The molecule has 0 aliphatic carbocycles. The van der Waals surface area contributed by atoms with Crippen molar-refractivity contribution in [3.05, 3.63) is 78.9 Å². The van der Waals surface area contributed by atoms with Gasteiger partial charge in [0.05, 0.1) is 11.2 Å². The van der Waals surface area contributed by atoms with E-state index in [9.17, 15) is 0 Å². The zero-order valence-electron chi connectivity index (χ0n) is 12.0. The van der Waals surface area contributed by atoms with Gasteiger partial charge in [0.2, 0.25) is 0 Å². The second-order valence-electron chi connectivity index (χ2n) is 5.24. The average molecular weight is 285 g/mol. The number of rotatable bonds is 2. The largest absolute Gasteiger partial charge is 0.399 e. The molecule has 3 heteroatoms. The van der Waals surface area contributed by atoms with Gasteiger partial charge in [-0.2, -0.15) is 5.10 Å². The summed E-state index contributed by atoms with van der Waals surface area (Å²) in [5.41, 5.74) is 10.9. The molecule has 0 aliphatic heterocycles. The van der Waals surface area contributed by atoms with Crippen LogP contribution in [-0.4, -0.2) is 9.78 Å². The number of anilines is 1. The topological polar surface area (TPSA) is 43.8 Å². The minimum atomic E-state index is 0.747. The van der Waals surface area contributed by atoms with Crippen LogP contribution in [0.15, 0.2) is 78.9 Å². The molecule has 22 heavy (non-hydrogen) atoms. The van der Waals surface area contributed by atoms with Gasteiger partial charge in [0, 0.05) is 16.6 Å². The molecule has 1 aromatic heterocycles. The SMILES string of the molecule is Nc1ccc2c(c1)c(-c1ccccc1)nn2-c1ccccc1. The molecule has 0 saturated heterocycles. The molecule has 2 N–H and O–H groups in total. The molecule has 4 rings (SSSR count). The van der Waals surface area contributed by atoms with Crippen LogP contribution < -0.4 is 5.73 Å². The first-order valence-electron chi connectivity index (χ1n) is 7.22. The molecule has 0 aliphatic rings. The van der Waals surface area contributed by atoms with E-state index in [0.29, 0.717) is 0 Å². The molecule has 0 saturated carbocycles. The second-order valence-corrected chi connectivity index (χ2v) is 5.24. The van der Waals surface area contributed by atoms with E-state index in [-0.39, 0.29) is 0 Å². The summed E-state index contributed by atoms with van der Waals surface area (Å²) in [4.78, 5) is 0. The quantitative estimate of drug-likeness (QED) is 0.559. The van der Waals surface area contributed by atoms with Crippen LogP contribution >= 0.6 is 0 Å². The summed E-state index contributed by atoms with van der Waals surface area (Å²) in [5, 5.41) is 5.90. The van der Waals surface area contributed by atoms with Crippen molar-refractivity contribution in [1.82, 2.24) is 9.78 Å². The van der Waals surface area contributed by atoms with Crippen LogP contribution in [0.1, 0.15) is 0 Å². The smallest absolute Gasteiger partial charge is 0.101 e. The average Bonchev–Trinajstić information content (AvgIpc) is 2.95. The maximum Gasteiger partial charge on any atom is 0.101 e. The lowest BCUT2D eigenvalue weighted by molar-refractivity contribution is 0.915. The minimum Gasteiger partial charge on any atom is -0.399 e. The Morgan fingerprint density at radius 2 is 1.45 bits per heavy atom. The summed E-state index contributed by atoms with van der Waals surface area (Å²) in [6, 6.07) is 26.3. The fourth-order valence-corrected chi connectivity index (χ4v) is 2.71. The number of nitrogens with zero attached hydrogens (tertiary/aromatic N) is 2. The Morgan fingerprint density at radius 1 is 0.773 bits per heavy atom. The Morgan fingerprint density at radius 3 is 2.18 bits per heavy atom. The molecular formula is C19H15N3. The van der Waals surface area contributed by atoms with Crippen molar-refractivity contribution in [2.75, 3.05) is 5.73 Å². The summed E-state index contributed by atoms with van der Waals surface area (Å²) in [5.74, 6) is 0. The lowest BCUT2D eigenvalue weighted by Gasteiger charge is -2.02. The zero-order chi connectivity index (χ0) is 14.9. The first kappa shape index (κ1) is 12.7. The van der Waals surface area contributed by atoms with Crippen molar-refractivity contribution in [2.45, 2.75) is 0 Å². The zero-order valence-corrected chi connectivity index (χ0v) is 12.0. The summed E-state index contributed by atoms with van der Waals surface area (Å²) >= 11 is 0. The van der Waals surface area contributed by atoms with Crippen LogP contribution in [0.2, 0.25) is 0 Å². The number of benzene rings is 3. The summed E-state index contributed by atoms with van der Waals surface area (Å²) < 4.78 is 1.97. The van der Waals surface area contributed by atoms with Crippen molar-refractivity contribution in [3.8, 4) is 16.9 Å². The molecule has 3 aromatic carbocycles. The summed E-state index contributed by atoms with van der Waals surface area (Å²) in [7, 11) is 0. The second kappa shape index (κ2) is 5.04. The monoisotopic (exact) mass is 285 g/mol. The molecular weight excluding hydrogens is 270 g/mol. The van der Waals surface area contributed by atoms with E-state index in [4.69, 9.17) is 10.8 Å². The van der Waals surface area contributed by atoms with Crippen LogP contribution in [0.3, 0.4) is 0 Å². The lowest BCUT2D eigenvalue weighted by Crippen LogP contribution is -1.95. The van der Waals surface area contributed by atoms with Gasteiger partial charge in [0.15, 0.2) is 0 Å². The van der Waals surface area contributed by atoms with Gasteiger partial charge in [0.1, 0.15) is 5.69 Å². The van der Waals surface area contributed by atoms with Crippen molar-refractivity contribution in [3.63, 3.8) is 0 Å². The first-order valence-corrected chi connectivity index (χ1v) is 7.22. The van der Waals surface area contributed by atoms with Crippen LogP contribution in [0.25, 0.3) is 27.8 Å². The number of nitrogen functional groups attached to an aromatic ring is 1. The summed E-state index contributed by atoms with van der Waals surface area (Å²) in [6.07, 6.45) is 0. The highest BCUT2D eigenvalue weighted by atomic mass is 15.3. The lowest BCUT2D eigenvalue weighted by atomic mass is 10.1. The van der Waals surface area contributed by atoms with Gasteiger partial charge >= 0.3 is 0 Å². The van der Waals surface area contributed by atoms with E-state index in [0.717, 1.165) is 33.5 Å². The Bertz CT molecular complexity index is 925.